The Bertz CT molecular complexity index is 344. The maximum Gasteiger partial charge on any atom is 0.0536 e. The van der Waals surface area contributed by atoms with E-state index in [0.717, 1.165) is 31.6 Å². The summed E-state index contributed by atoms with van der Waals surface area (Å²) in [5.74, 6) is 0.953. The predicted octanol–water partition coefficient (Wildman–Crippen LogP) is 0.955. The highest BCUT2D eigenvalue weighted by molar-refractivity contribution is 4.93. The molecule has 2 atom stereocenters. The minimum absolute atomic E-state index is 0.653. The fourth-order valence-corrected chi connectivity index (χ4v) is 2.74. The third-order valence-electron chi connectivity index (χ3n) is 4.10. The molecule has 2 aliphatic rings. The van der Waals surface area contributed by atoms with Crippen molar-refractivity contribution in [3.8, 4) is 0 Å². The maximum absolute atomic E-state index is 4.27. The van der Waals surface area contributed by atoms with Crippen molar-refractivity contribution < 1.29 is 0 Å². The lowest BCUT2D eigenvalue weighted by Gasteiger charge is -2.39. The van der Waals surface area contributed by atoms with Gasteiger partial charge in [0, 0.05) is 44.1 Å². The summed E-state index contributed by atoms with van der Waals surface area (Å²) in [6.07, 6.45) is 6.76. The van der Waals surface area contributed by atoms with E-state index < -0.39 is 0 Å². The summed E-state index contributed by atoms with van der Waals surface area (Å²) in [5.41, 5.74) is 0. The first-order valence-corrected chi connectivity index (χ1v) is 6.78. The van der Waals surface area contributed by atoms with Crippen molar-refractivity contribution >= 4 is 0 Å². The average molecular weight is 234 g/mol. The van der Waals surface area contributed by atoms with Crippen LogP contribution in [-0.4, -0.2) is 46.4 Å². The molecular formula is C13H22N4. The first kappa shape index (κ1) is 11.2. The molecule has 94 valence electrons. The molecule has 4 nitrogen and oxygen atoms in total. The molecule has 0 radical (unpaired) electrons. The molecule has 17 heavy (non-hydrogen) atoms. The Morgan fingerprint density at radius 1 is 1.35 bits per heavy atom. The molecule has 1 saturated heterocycles. The number of hydrogen-bond donors (Lipinski definition) is 1. The predicted molar refractivity (Wildman–Crippen MR) is 67.8 cm³/mol. The van der Waals surface area contributed by atoms with Gasteiger partial charge in [0.2, 0.25) is 0 Å². The highest BCUT2D eigenvalue weighted by atomic mass is 15.3. The van der Waals surface area contributed by atoms with Crippen molar-refractivity contribution in [1.82, 2.24) is 20.0 Å². The summed E-state index contributed by atoms with van der Waals surface area (Å²) in [6, 6.07) is 3.39. The number of rotatable bonds is 4. The van der Waals surface area contributed by atoms with E-state index in [2.05, 4.69) is 22.2 Å². The molecule has 2 fully saturated rings. The van der Waals surface area contributed by atoms with Crippen LogP contribution in [0.15, 0.2) is 18.5 Å². The summed E-state index contributed by atoms with van der Waals surface area (Å²) in [5, 5.41) is 7.96. The minimum Gasteiger partial charge on any atom is -0.311 e. The molecule has 0 amide bonds. The normalized spacial score (nSPS) is 30.6. The molecule has 2 unspecified atom stereocenters. The quantitative estimate of drug-likeness (QED) is 0.842. The topological polar surface area (TPSA) is 33.1 Å². The Kier molecular flexibility index (Phi) is 3.16. The molecule has 1 aromatic heterocycles. The van der Waals surface area contributed by atoms with E-state index in [1.54, 1.807) is 0 Å². The van der Waals surface area contributed by atoms with E-state index in [1.807, 2.05) is 23.1 Å². The van der Waals surface area contributed by atoms with Gasteiger partial charge in [0.05, 0.1) is 6.54 Å². The molecule has 0 spiro atoms. The van der Waals surface area contributed by atoms with Crippen molar-refractivity contribution in [3.05, 3.63) is 18.5 Å². The van der Waals surface area contributed by atoms with Crippen LogP contribution < -0.4 is 5.32 Å². The van der Waals surface area contributed by atoms with Gasteiger partial charge in [0.15, 0.2) is 0 Å². The van der Waals surface area contributed by atoms with Crippen molar-refractivity contribution in [2.75, 3.05) is 19.6 Å². The molecule has 3 rings (SSSR count). The van der Waals surface area contributed by atoms with Crippen LogP contribution in [0.4, 0.5) is 0 Å². The van der Waals surface area contributed by atoms with E-state index >= 15 is 0 Å². The summed E-state index contributed by atoms with van der Waals surface area (Å²) in [6.45, 7) is 6.80. The highest BCUT2D eigenvalue weighted by Crippen LogP contribution is 2.34. The fourth-order valence-electron chi connectivity index (χ4n) is 2.74. The largest absolute Gasteiger partial charge is 0.311 e. The van der Waals surface area contributed by atoms with Crippen molar-refractivity contribution in [1.29, 1.82) is 0 Å². The zero-order chi connectivity index (χ0) is 11.7. The highest BCUT2D eigenvalue weighted by Gasteiger charge is 2.35. The van der Waals surface area contributed by atoms with Crippen LogP contribution in [0.1, 0.15) is 19.8 Å². The molecular weight excluding hydrogens is 212 g/mol. The number of piperazine rings is 1. The van der Waals surface area contributed by atoms with Crippen molar-refractivity contribution in [3.63, 3.8) is 0 Å². The lowest BCUT2D eigenvalue weighted by atomic mass is 10.1. The third-order valence-corrected chi connectivity index (χ3v) is 4.10. The van der Waals surface area contributed by atoms with Gasteiger partial charge in [0.25, 0.3) is 0 Å². The zero-order valence-electron chi connectivity index (χ0n) is 10.5. The Morgan fingerprint density at radius 3 is 2.94 bits per heavy atom. The third kappa shape index (κ3) is 2.69. The van der Waals surface area contributed by atoms with Crippen molar-refractivity contribution in [2.45, 2.75) is 38.4 Å². The second-order valence-corrected chi connectivity index (χ2v) is 5.47. The molecule has 1 aliphatic carbocycles. The summed E-state index contributed by atoms with van der Waals surface area (Å²) in [4.78, 5) is 2.61. The smallest absolute Gasteiger partial charge is 0.0536 e. The van der Waals surface area contributed by atoms with Crippen LogP contribution >= 0.6 is 0 Å². The molecule has 1 aromatic rings. The lowest BCUT2D eigenvalue weighted by molar-refractivity contribution is 0.127. The Balaban J connectivity index is 1.53. The van der Waals surface area contributed by atoms with Gasteiger partial charge in [-0.05, 0) is 31.7 Å². The molecule has 2 heterocycles. The minimum atomic E-state index is 0.653. The standard InChI is InChI=1S/C13H22N4/c1-11-9-14-13(12-3-4-12)10-16(11)7-8-17-6-2-5-15-17/h2,5-6,11-14H,3-4,7-10H2,1H3. The van der Waals surface area contributed by atoms with Gasteiger partial charge in [-0.2, -0.15) is 5.10 Å². The summed E-state index contributed by atoms with van der Waals surface area (Å²) < 4.78 is 2.03. The second kappa shape index (κ2) is 4.78. The monoisotopic (exact) mass is 234 g/mol. The number of aromatic nitrogens is 2. The summed E-state index contributed by atoms with van der Waals surface area (Å²) >= 11 is 0. The van der Waals surface area contributed by atoms with Crippen LogP contribution in [0.3, 0.4) is 0 Å². The van der Waals surface area contributed by atoms with Crippen LogP contribution in [-0.2, 0) is 6.54 Å². The average Bonchev–Trinajstić information content (AvgIpc) is 3.05. The van der Waals surface area contributed by atoms with E-state index in [4.69, 9.17) is 0 Å². The van der Waals surface area contributed by atoms with Gasteiger partial charge in [-0.25, -0.2) is 0 Å². The molecule has 0 aromatic carbocycles. The summed E-state index contributed by atoms with van der Waals surface area (Å²) in [7, 11) is 0. The molecule has 1 aliphatic heterocycles. The first-order valence-electron chi connectivity index (χ1n) is 6.78. The van der Waals surface area contributed by atoms with Gasteiger partial charge in [-0.3, -0.25) is 9.58 Å². The number of hydrogen-bond acceptors (Lipinski definition) is 3. The first-order chi connectivity index (χ1) is 8.33. The number of nitrogens with one attached hydrogen (secondary N) is 1. The van der Waals surface area contributed by atoms with E-state index in [9.17, 15) is 0 Å². The molecule has 1 saturated carbocycles. The van der Waals surface area contributed by atoms with E-state index in [-0.39, 0.29) is 0 Å². The second-order valence-electron chi connectivity index (χ2n) is 5.47. The van der Waals surface area contributed by atoms with Crippen molar-refractivity contribution in [2.24, 2.45) is 5.92 Å². The lowest BCUT2D eigenvalue weighted by Crippen LogP contribution is -2.56. The van der Waals surface area contributed by atoms with Gasteiger partial charge >= 0.3 is 0 Å². The Morgan fingerprint density at radius 2 is 2.24 bits per heavy atom. The molecule has 4 heteroatoms. The van der Waals surface area contributed by atoms with Gasteiger partial charge in [-0.15, -0.1) is 0 Å². The van der Waals surface area contributed by atoms with Gasteiger partial charge in [0.1, 0.15) is 0 Å². The van der Waals surface area contributed by atoms with Gasteiger partial charge in [-0.1, -0.05) is 0 Å². The SMILES string of the molecule is CC1CNC(C2CC2)CN1CCn1cccn1. The molecule has 1 N–H and O–H groups in total. The Hall–Kier alpha value is -0.870. The molecule has 0 bridgehead atoms. The van der Waals surface area contributed by atoms with E-state index in [1.165, 1.54) is 19.4 Å². The van der Waals surface area contributed by atoms with Crippen LogP contribution in [0.5, 0.6) is 0 Å². The fraction of sp³-hybridized carbons (Fsp3) is 0.769. The van der Waals surface area contributed by atoms with E-state index in [0.29, 0.717) is 6.04 Å². The maximum atomic E-state index is 4.27. The Labute approximate surface area is 103 Å². The van der Waals surface area contributed by atoms with Crippen LogP contribution in [0, 0.1) is 5.92 Å². The number of nitrogens with zero attached hydrogens (tertiary/aromatic N) is 3. The van der Waals surface area contributed by atoms with Crippen LogP contribution in [0.2, 0.25) is 0 Å². The van der Waals surface area contributed by atoms with Gasteiger partial charge < -0.3 is 5.32 Å². The zero-order valence-corrected chi connectivity index (χ0v) is 10.5. The van der Waals surface area contributed by atoms with Crippen LogP contribution in [0.25, 0.3) is 0 Å².